The van der Waals surface area contributed by atoms with Crippen LogP contribution in [0.15, 0.2) is 53.9 Å². The average molecular weight is 439 g/mol. The number of anilines is 1. The molecule has 0 bridgehead atoms. The first-order valence-electron chi connectivity index (χ1n) is 8.48. The molecule has 2 aromatic carbocycles. The van der Waals surface area contributed by atoms with Gasteiger partial charge in [-0.25, -0.2) is 13.2 Å². The number of hydrogen-bond acceptors (Lipinski definition) is 6. The number of rotatable bonds is 8. The minimum atomic E-state index is -4.17. The molecule has 0 saturated carbocycles. The maximum Gasteiger partial charge on any atom is 0.339 e. The number of carbonyl (C=O) groups excluding carboxylic acids is 1. The van der Waals surface area contributed by atoms with Gasteiger partial charge in [0.1, 0.15) is 0 Å². The van der Waals surface area contributed by atoms with Gasteiger partial charge < -0.3 is 4.74 Å². The van der Waals surface area contributed by atoms with Crippen molar-refractivity contribution in [3.8, 4) is 0 Å². The van der Waals surface area contributed by atoms with Crippen LogP contribution >= 0.6 is 11.6 Å². The van der Waals surface area contributed by atoms with Crippen molar-refractivity contribution in [2.75, 3.05) is 17.5 Å². The van der Waals surface area contributed by atoms with Gasteiger partial charge in [0.15, 0.2) is 0 Å². The van der Waals surface area contributed by atoms with E-state index in [2.05, 4.69) is 6.58 Å². The van der Waals surface area contributed by atoms with Crippen LogP contribution in [0.25, 0.3) is 0 Å². The third kappa shape index (κ3) is 4.75. The summed E-state index contributed by atoms with van der Waals surface area (Å²) in [5.74, 6) is -0.628. The number of nitro groups is 1. The lowest BCUT2D eigenvalue weighted by molar-refractivity contribution is -0.385. The third-order valence-corrected chi connectivity index (χ3v) is 6.10. The molecular formula is C19H19ClN2O6S. The predicted molar refractivity (Wildman–Crippen MR) is 110 cm³/mol. The molecule has 0 aliphatic carbocycles. The normalized spacial score (nSPS) is 11.0. The Bertz CT molecular complexity index is 1070. The molecule has 0 saturated heterocycles. The summed E-state index contributed by atoms with van der Waals surface area (Å²) >= 11 is 6.15. The highest BCUT2D eigenvalue weighted by atomic mass is 35.5. The molecule has 0 unspecified atom stereocenters. The molecule has 0 amide bonds. The highest BCUT2D eigenvalue weighted by molar-refractivity contribution is 7.92. The summed E-state index contributed by atoms with van der Waals surface area (Å²) in [5.41, 5.74) is 0.303. The first-order valence-corrected chi connectivity index (χ1v) is 10.3. The standard InChI is InChI=1S/C19H19ClN2O6S/c1-4-10-21(14-7-9-16(17(20)11-14)19(23)28-5-2)29(26,27)15-8-6-13(3)18(12-15)22(24)25/h4,6-9,11-12H,1,5,10H2,2-3H3. The van der Waals surface area contributed by atoms with Crippen molar-refractivity contribution in [3.05, 3.63) is 75.3 Å². The van der Waals surface area contributed by atoms with Crippen molar-refractivity contribution < 1.29 is 22.9 Å². The number of nitro benzene ring substituents is 1. The minimum Gasteiger partial charge on any atom is -0.462 e. The predicted octanol–water partition coefficient (Wildman–Crippen LogP) is 4.11. The Kier molecular flexibility index (Phi) is 6.99. The number of esters is 1. The van der Waals surface area contributed by atoms with Gasteiger partial charge in [0.05, 0.1) is 39.2 Å². The quantitative estimate of drug-likeness (QED) is 0.265. The Labute approximate surface area is 173 Å². The summed E-state index contributed by atoms with van der Waals surface area (Å²) in [6.07, 6.45) is 1.37. The Morgan fingerprint density at radius 2 is 2.00 bits per heavy atom. The summed E-state index contributed by atoms with van der Waals surface area (Å²) in [6.45, 7) is 6.79. The van der Waals surface area contributed by atoms with Gasteiger partial charge in [-0.05, 0) is 38.1 Å². The molecule has 0 aliphatic rings. The topological polar surface area (TPSA) is 107 Å². The molecule has 154 valence electrons. The lowest BCUT2D eigenvalue weighted by Gasteiger charge is -2.23. The molecule has 29 heavy (non-hydrogen) atoms. The van der Waals surface area contributed by atoms with Crippen molar-refractivity contribution in [3.63, 3.8) is 0 Å². The summed E-state index contributed by atoms with van der Waals surface area (Å²) in [5, 5.41) is 11.2. The van der Waals surface area contributed by atoms with E-state index in [1.807, 2.05) is 0 Å². The lowest BCUT2D eigenvalue weighted by Crippen LogP contribution is -2.31. The van der Waals surface area contributed by atoms with E-state index in [4.69, 9.17) is 16.3 Å². The van der Waals surface area contributed by atoms with Gasteiger partial charge in [-0.3, -0.25) is 14.4 Å². The third-order valence-electron chi connectivity index (χ3n) is 4.00. The number of sulfonamides is 1. The molecule has 0 atom stereocenters. The zero-order chi connectivity index (χ0) is 21.8. The van der Waals surface area contributed by atoms with E-state index >= 15 is 0 Å². The number of hydrogen-bond donors (Lipinski definition) is 0. The van der Waals surface area contributed by atoms with Crippen molar-refractivity contribution >= 4 is 39.0 Å². The second-order valence-electron chi connectivity index (χ2n) is 5.91. The van der Waals surface area contributed by atoms with Crippen LogP contribution in [0.5, 0.6) is 0 Å². The van der Waals surface area contributed by atoms with Crippen molar-refractivity contribution in [2.24, 2.45) is 0 Å². The van der Waals surface area contributed by atoms with Gasteiger partial charge in [-0.1, -0.05) is 23.7 Å². The average Bonchev–Trinajstić information content (AvgIpc) is 2.65. The van der Waals surface area contributed by atoms with Gasteiger partial charge in [0, 0.05) is 11.6 Å². The van der Waals surface area contributed by atoms with Gasteiger partial charge in [0.2, 0.25) is 0 Å². The zero-order valence-corrected chi connectivity index (χ0v) is 17.4. The fourth-order valence-electron chi connectivity index (χ4n) is 2.57. The van der Waals surface area contributed by atoms with Crippen LogP contribution < -0.4 is 4.31 Å². The van der Waals surface area contributed by atoms with Crippen LogP contribution in [0.3, 0.4) is 0 Å². The number of carbonyl (C=O) groups is 1. The van der Waals surface area contributed by atoms with E-state index in [9.17, 15) is 23.3 Å². The maximum absolute atomic E-state index is 13.2. The summed E-state index contributed by atoms with van der Waals surface area (Å²) < 4.78 is 32.2. The number of ether oxygens (including phenoxy) is 1. The van der Waals surface area contributed by atoms with Crippen LogP contribution in [0.1, 0.15) is 22.8 Å². The van der Waals surface area contributed by atoms with Crippen molar-refractivity contribution in [1.29, 1.82) is 0 Å². The first-order chi connectivity index (χ1) is 13.6. The van der Waals surface area contributed by atoms with E-state index in [0.717, 1.165) is 10.4 Å². The first kappa shape index (κ1) is 22.4. The van der Waals surface area contributed by atoms with E-state index in [0.29, 0.717) is 5.56 Å². The van der Waals surface area contributed by atoms with E-state index in [1.165, 1.54) is 43.3 Å². The van der Waals surface area contributed by atoms with Crippen molar-refractivity contribution in [2.45, 2.75) is 18.7 Å². The molecule has 0 heterocycles. The van der Waals surface area contributed by atoms with Gasteiger partial charge in [0.25, 0.3) is 15.7 Å². The molecule has 2 aromatic rings. The monoisotopic (exact) mass is 438 g/mol. The molecule has 2 rings (SSSR count). The Hall–Kier alpha value is -2.91. The summed E-state index contributed by atoms with van der Waals surface area (Å²) in [6, 6.07) is 7.75. The largest absolute Gasteiger partial charge is 0.462 e. The van der Waals surface area contributed by atoms with Crippen LogP contribution in [-0.4, -0.2) is 32.5 Å². The van der Waals surface area contributed by atoms with E-state index in [1.54, 1.807) is 6.92 Å². The minimum absolute atomic E-state index is 0.0140. The molecule has 0 aromatic heterocycles. The van der Waals surface area contributed by atoms with Crippen LogP contribution in [-0.2, 0) is 14.8 Å². The van der Waals surface area contributed by atoms with Crippen molar-refractivity contribution in [1.82, 2.24) is 0 Å². The molecule has 0 aliphatic heterocycles. The molecule has 0 N–H and O–H groups in total. The second kappa shape index (κ2) is 9.06. The fourth-order valence-corrected chi connectivity index (χ4v) is 4.27. The highest BCUT2D eigenvalue weighted by Crippen LogP contribution is 2.30. The Morgan fingerprint density at radius 3 is 2.55 bits per heavy atom. The number of aryl methyl sites for hydroxylation is 1. The highest BCUT2D eigenvalue weighted by Gasteiger charge is 2.27. The lowest BCUT2D eigenvalue weighted by atomic mass is 10.2. The Balaban J connectivity index is 2.54. The fraction of sp³-hybridized carbons (Fsp3) is 0.211. The van der Waals surface area contributed by atoms with Crippen LogP contribution in [0.4, 0.5) is 11.4 Å². The molecule has 0 spiro atoms. The number of halogens is 1. The van der Waals surface area contributed by atoms with E-state index in [-0.39, 0.29) is 40.0 Å². The molecule has 0 fully saturated rings. The van der Waals surface area contributed by atoms with Crippen LogP contribution in [0.2, 0.25) is 5.02 Å². The number of nitrogens with zero attached hydrogens (tertiary/aromatic N) is 2. The van der Waals surface area contributed by atoms with Gasteiger partial charge >= 0.3 is 5.97 Å². The molecule has 10 heteroatoms. The van der Waals surface area contributed by atoms with E-state index < -0.39 is 20.9 Å². The molecule has 8 nitrogen and oxygen atoms in total. The molecular weight excluding hydrogens is 420 g/mol. The molecule has 0 radical (unpaired) electrons. The zero-order valence-electron chi connectivity index (χ0n) is 15.8. The van der Waals surface area contributed by atoms with Gasteiger partial charge in [-0.15, -0.1) is 6.58 Å². The SMILES string of the molecule is C=CCN(c1ccc(C(=O)OCC)c(Cl)c1)S(=O)(=O)c1ccc(C)c([N+](=O)[O-])c1. The summed E-state index contributed by atoms with van der Waals surface area (Å²) in [4.78, 5) is 22.2. The Morgan fingerprint density at radius 1 is 1.31 bits per heavy atom. The second-order valence-corrected chi connectivity index (χ2v) is 8.18. The smallest absolute Gasteiger partial charge is 0.339 e. The van der Waals surface area contributed by atoms with Crippen LogP contribution in [0, 0.1) is 17.0 Å². The number of benzene rings is 2. The summed E-state index contributed by atoms with van der Waals surface area (Å²) in [7, 11) is -4.17. The van der Waals surface area contributed by atoms with Gasteiger partial charge in [-0.2, -0.15) is 0 Å². The maximum atomic E-state index is 13.2.